The predicted octanol–water partition coefficient (Wildman–Crippen LogP) is 1.76. The number of benzene rings is 1. The number of anilines is 1. The van der Waals surface area contributed by atoms with Crippen LogP contribution >= 0.6 is 0 Å². The second-order valence-electron chi connectivity index (χ2n) is 3.31. The highest BCUT2D eigenvalue weighted by Crippen LogP contribution is 2.38. The Morgan fingerprint density at radius 2 is 2.12 bits per heavy atom. The maximum atomic E-state index is 13.0. The van der Waals surface area contributed by atoms with Gasteiger partial charge in [-0.2, -0.15) is 8.78 Å². The largest absolute Gasteiger partial charge is 0.482 e. The maximum absolute atomic E-state index is 13.0. The van der Waals surface area contributed by atoms with Crippen LogP contribution in [0.3, 0.4) is 0 Å². The van der Waals surface area contributed by atoms with Gasteiger partial charge < -0.3 is 10.1 Å². The maximum Gasteiger partial charge on any atom is 0.482 e. The molecule has 0 unspecified atom stereocenters. The lowest BCUT2D eigenvalue weighted by Gasteiger charge is -2.25. The van der Waals surface area contributed by atoms with E-state index in [9.17, 15) is 22.8 Å². The molecule has 0 radical (unpaired) electrons. The average Bonchev–Trinajstić information content (AvgIpc) is 2.28. The van der Waals surface area contributed by atoms with Gasteiger partial charge in [0.2, 0.25) is 0 Å². The van der Waals surface area contributed by atoms with E-state index < -0.39 is 30.2 Å². The van der Waals surface area contributed by atoms with Crippen molar-refractivity contribution >= 4 is 17.4 Å². The molecule has 0 bridgehead atoms. The van der Waals surface area contributed by atoms with Crippen molar-refractivity contribution in [3.05, 3.63) is 23.8 Å². The molecular formula is C10H6F3NO3. The van der Waals surface area contributed by atoms with E-state index in [0.29, 0.717) is 0 Å². The first-order valence-corrected chi connectivity index (χ1v) is 4.56. The first kappa shape index (κ1) is 11.4. The average molecular weight is 245 g/mol. The van der Waals surface area contributed by atoms with Gasteiger partial charge in [0.05, 0.1) is 11.3 Å². The number of hydrogen-bond donors (Lipinski definition) is 1. The molecule has 0 fully saturated rings. The Balaban J connectivity index is 2.52. The van der Waals surface area contributed by atoms with Gasteiger partial charge in [0.25, 0.3) is 0 Å². The minimum absolute atomic E-state index is 0.0831. The molecule has 7 heteroatoms. The van der Waals surface area contributed by atoms with Crippen molar-refractivity contribution in [1.82, 2.24) is 0 Å². The monoisotopic (exact) mass is 245 g/mol. The fourth-order valence-electron chi connectivity index (χ4n) is 1.41. The van der Waals surface area contributed by atoms with E-state index >= 15 is 0 Å². The lowest BCUT2D eigenvalue weighted by Crippen LogP contribution is -2.43. The number of para-hydroxylation sites is 1. The Bertz CT molecular complexity index is 502. The third-order valence-corrected chi connectivity index (χ3v) is 2.18. The summed E-state index contributed by atoms with van der Waals surface area (Å²) in [6.07, 6.45) is -4.07. The SMILES string of the molecule is O=C(CF)c1cccc2c1OC(F)(F)C(=O)N2. The molecule has 1 aliphatic heterocycles. The molecule has 0 spiro atoms. The number of nitrogens with one attached hydrogen (secondary N) is 1. The Kier molecular flexibility index (Phi) is 2.53. The number of Topliss-reactive ketones (excluding diaryl/α,β-unsaturated/α-hetero) is 1. The van der Waals surface area contributed by atoms with Gasteiger partial charge >= 0.3 is 12.0 Å². The van der Waals surface area contributed by atoms with Gasteiger partial charge in [-0.3, -0.25) is 9.59 Å². The quantitative estimate of drug-likeness (QED) is 0.808. The summed E-state index contributed by atoms with van der Waals surface area (Å²) < 4.78 is 42.4. The molecule has 4 nitrogen and oxygen atoms in total. The minimum atomic E-state index is -4.07. The topological polar surface area (TPSA) is 55.4 Å². The summed E-state index contributed by atoms with van der Waals surface area (Å²) in [7, 11) is 0. The van der Waals surface area contributed by atoms with Crippen LogP contribution < -0.4 is 10.1 Å². The number of fused-ring (bicyclic) bond motifs is 1. The summed E-state index contributed by atoms with van der Waals surface area (Å²) >= 11 is 0. The zero-order valence-electron chi connectivity index (χ0n) is 8.30. The van der Waals surface area contributed by atoms with E-state index in [-0.39, 0.29) is 11.3 Å². The molecule has 0 saturated carbocycles. The van der Waals surface area contributed by atoms with Crippen LogP contribution in [0.25, 0.3) is 0 Å². The van der Waals surface area contributed by atoms with Gasteiger partial charge in [0.15, 0.2) is 18.2 Å². The van der Waals surface area contributed by atoms with Gasteiger partial charge in [0, 0.05) is 0 Å². The fraction of sp³-hybridized carbons (Fsp3) is 0.200. The van der Waals surface area contributed by atoms with Crippen LogP contribution in [0, 0.1) is 0 Å². The van der Waals surface area contributed by atoms with E-state index in [0.717, 1.165) is 6.07 Å². The van der Waals surface area contributed by atoms with Crippen LogP contribution in [0.4, 0.5) is 18.9 Å². The minimum Gasteiger partial charge on any atom is -0.422 e. The van der Waals surface area contributed by atoms with Crippen molar-refractivity contribution in [2.45, 2.75) is 6.11 Å². The molecule has 1 heterocycles. The van der Waals surface area contributed by atoms with E-state index in [1.807, 2.05) is 5.32 Å². The normalized spacial score (nSPS) is 16.8. The van der Waals surface area contributed by atoms with Crippen molar-refractivity contribution in [2.75, 3.05) is 12.0 Å². The number of rotatable bonds is 2. The zero-order valence-corrected chi connectivity index (χ0v) is 8.30. The van der Waals surface area contributed by atoms with Crippen LogP contribution in [-0.4, -0.2) is 24.5 Å². The highest BCUT2D eigenvalue weighted by atomic mass is 19.3. The van der Waals surface area contributed by atoms with Crippen LogP contribution in [0.1, 0.15) is 10.4 Å². The smallest absolute Gasteiger partial charge is 0.422 e. The van der Waals surface area contributed by atoms with E-state index in [1.165, 1.54) is 12.1 Å². The second-order valence-corrected chi connectivity index (χ2v) is 3.31. The van der Waals surface area contributed by atoms with Gasteiger partial charge in [0.1, 0.15) is 0 Å². The van der Waals surface area contributed by atoms with Crippen LogP contribution in [0.2, 0.25) is 0 Å². The fourth-order valence-corrected chi connectivity index (χ4v) is 1.41. The Morgan fingerprint density at radius 1 is 1.41 bits per heavy atom. The molecule has 1 aromatic rings. The summed E-state index contributed by atoms with van der Waals surface area (Å²) in [4.78, 5) is 22.0. The number of ether oxygens (including phenoxy) is 1. The van der Waals surface area contributed by atoms with Crippen LogP contribution in [-0.2, 0) is 4.79 Å². The van der Waals surface area contributed by atoms with Crippen LogP contribution in [0.5, 0.6) is 5.75 Å². The van der Waals surface area contributed by atoms with Crippen molar-refractivity contribution in [1.29, 1.82) is 0 Å². The highest BCUT2D eigenvalue weighted by Gasteiger charge is 2.47. The molecule has 0 aromatic heterocycles. The standard InChI is InChI=1S/C10H6F3NO3/c11-4-7(15)5-2-1-3-6-8(5)17-10(12,13)9(16)14-6/h1-3H,4H2,(H,14,16). The number of amides is 1. The zero-order chi connectivity index (χ0) is 12.6. The molecule has 0 aliphatic carbocycles. The summed E-state index contributed by atoms with van der Waals surface area (Å²) in [6.45, 7) is -1.33. The first-order chi connectivity index (χ1) is 7.95. The summed E-state index contributed by atoms with van der Waals surface area (Å²) in [5.74, 6) is -3.14. The molecule has 17 heavy (non-hydrogen) atoms. The third kappa shape index (κ3) is 1.83. The van der Waals surface area contributed by atoms with Gasteiger partial charge in [-0.15, -0.1) is 0 Å². The molecular weight excluding hydrogens is 239 g/mol. The number of ketones is 1. The summed E-state index contributed by atoms with van der Waals surface area (Å²) in [5.41, 5.74) is -0.412. The number of hydrogen-bond acceptors (Lipinski definition) is 3. The number of carbonyl (C=O) groups excluding carboxylic acids is 2. The van der Waals surface area contributed by atoms with Crippen molar-refractivity contribution in [3.8, 4) is 5.75 Å². The Hall–Kier alpha value is -2.05. The lowest BCUT2D eigenvalue weighted by molar-refractivity contribution is -0.189. The summed E-state index contributed by atoms with van der Waals surface area (Å²) in [6, 6.07) is 3.75. The molecule has 1 amide bonds. The van der Waals surface area contributed by atoms with Gasteiger partial charge in [-0.1, -0.05) is 6.07 Å². The molecule has 1 N–H and O–H groups in total. The number of carbonyl (C=O) groups is 2. The molecule has 0 saturated heterocycles. The second kappa shape index (κ2) is 3.76. The lowest BCUT2D eigenvalue weighted by atomic mass is 10.1. The molecule has 0 atom stereocenters. The third-order valence-electron chi connectivity index (χ3n) is 2.18. The Morgan fingerprint density at radius 3 is 2.76 bits per heavy atom. The van der Waals surface area contributed by atoms with E-state index in [4.69, 9.17) is 0 Å². The van der Waals surface area contributed by atoms with Crippen molar-refractivity contribution in [3.63, 3.8) is 0 Å². The number of alkyl halides is 3. The first-order valence-electron chi connectivity index (χ1n) is 4.56. The van der Waals surface area contributed by atoms with E-state index in [2.05, 4.69) is 4.74 Å². The van der Waals surface area contributed by atoms with Crippen molar-refractivity contribution in [2.24, 2.45) is 0 Å². The molecule has 1 aliphatic rings. The molecule has 2 rings (SSSR count). The van der Waals surface area contributed by atoms with E-state index in [1.54, 1.807) is 0 Å². The predicted molar refractivity (Wildman–Crippen MR) is 51.0 cm³/mol. The van der Waals surface area contributed by atoms with Crippen LogP contribution in [0.15, 0.2) is 18.2 Å². The Labute approximate surface area is 93.4 Å². The number of halogens is 3. The van der Waals surface area contributed by atoms with Gasteiger partial charge in [-0.25, -0.2) is 4.39 Å². The molecule has 90 valence electrons. The highest BCUT2D eigenvalue weighted by molar-refractivity contribution is 6.05. The van der Waals surface area contributed by atoms with Gasteiger partial charge in [-0.05, 0) is 12.1 Å². The molecule has 1 aromatic carbocycles. The summed E-state index contributed by atoms with van der Waals surface area (Å²) in [5, 5.41) is 1.88. The van der Waals surface area contributed by atoms with Crippen molar-refractivity contribution < 1.29 is 27.5 Å².